The first kappa shape index (κ1) is 22.6. The number of fused-ring (bicyclic) bond motifs is 1. The summed E-state index contributed by atoms with van der Waals surface area (Å²) in [7, 11) is 1.60. The summed E-state index contributed by atoms with van der Waals surface area (Å²) in [5, 5.41) is 0. The number of esters is 1. The zero-order valence-electron chi connectivity index (χ0n) is 18.3. The number of hydrogen-bond donors (Lipinski definition) is 0. The molecule has 0 unspecified atom stereocenters. The second-order valence-electron chi connectivity index (χ2n) is 6.75. The number of nitrogens with zero attached hydrogens (tertiary/aromatic N) is 3. The van der Waals surface area contributed by atoms with Crippen LogP contribution in [0, 0.1) is 0 Å². The molecule has 0 spiro atoms. The van der Waals surface area contributed by atoms with Gasteiger partial charge in [-0.2, -0.15) is 4.99 Å². The summed E-state index contributed by atoms with van der Waals surface area (Å²) in [6, 6.07) is 13.0. The van der Waals surface area contributed by atoms with E-state index in [1.54, 1.807) is 30.7 Å². The van der Waals surface area contributed by atoms with Crippen molar-refractivity contribution >= 4 is 39.1 Å². The van der Waals surface area contributed by atoms with Gasteiger partial charge in [0.25, 0.3) is 5.91 Å². The fourth-order valence-electron chi connectivity index (χ4n) is 3.31. The van der Waals surface area contributed by atoms with Crippen molar-refractivity contribution in [3.63, 3.8) is 0 Å². The van der Waals surface area contributed by atoms with Gasteiger partial charge in [0, 0.05) is 24.3 Å². The van der Waals surface area contributed by atoms with Crippen LogP contribution in [0.25, 0.3) is 10.2 Å². The molecule has 2 aromatic carbocycles. The van der Waals surface area contributed by atoms with Crippen LogP contribution >= 0.6 is 11.3 Å². The van der Waals surface area contributed by atoms with Crippen LogP contribution in [0.3, 0.4) is 0 Å². The largest absolute Gasteiger partial charge is 0.497 e. The normalized spacial score (nSPS) is 11.5. The van der Waals surface area contributed by atoms with Crippen LogP contribution < -0.4 is 14.4 Å². The van der Waals surface area contributed by atoms with Crippen LogP contribution in [0.1, 0.15) is 31.1 Å². The maximum absolute atomic E-state index is 12.9. The third kappa shape index (κ3) is 5.14. The number of thiazole rings is 1. The summed E-state index contributed by atoms with van der Waals surface area (Å²) in [6.45, 7) is 8.01. The van der Waals surface area contributed by atoms with E-state index in [4.69, 9.17) is 9.47 Å². The molecule has 0 aliphatic rings. The number of rotatable bonds is 8. The maximum Gasteiger partial charge on any atom is 0.326 e. The second-order valence-corrected chi connectivity index (χ2v) is 7.75. The Morgan fingerprint density at radius 1 is 1.06 bits per heavy atom. The molecule has 0 aliphatic carbocycles. The standard InChI is InChI=1S/C23H27N3O4S/c1-5-25(6-2)17-10-8-16(9-11-17)22(28)24-23-26(15-21(27)30-7-3)19-13-12-18(29-4)14-20(19)31-23/h8-14H,5-7,15H2,1-4H3. The Bertz CT molecular complexity index is 1130. The number of benzene rings is 2. The van der Waals surface area contributed by atoms with Gasteiger partial charge in [-0.3, -0.25) is 9.59 Å². The molecule has 3 rings (SSSR count). The lowest BCUT2D eigenvalue weighted by Crippen LogP contribution is -2.23. The van der Waals surface area contributed by atoms with E-state index in [0.29, 0.717) is 22.7 Å². The predicted octanol–water partition coefficient (Wildman–Crippen LogP) is 3.86. The van der Waals surface area contributed by atoms with Crippen molar-refractivity contribution in [1.29, 1.82) is 0 Å². The summed E-state index contributed by atoms with van der Waals surface area (Å²) >= 11 is 1.33. The van der Waals surface area contributed by atoms with E-state index in [0.717, 1.165) is 29.0 Å². The molecule has 0 aliphatic heterocycles. The topological polar surface area (TPSA) is 73.1 Å². The van der Waals surface area contributed by atoms with Crippen LogP contribution in [0.15, 0.2) is 47.5 Å². The average molecular weight is 442 g/mol. The molecule has 3 aromatic rings. The summed E-state index contributed by atoms with van der Waals surface area (Å²) in [5.74, 6) is -0.0420. The Morgan fingerprint density at radius 2 is 1.77 bits per heavy atom. The highest BCUT2D eigenvalue weighted by atomic mass is 32.1. The van der Waals surface area contributed by atoms with Gasteiger partial charge in [-0.25, -0.2) is 0 Å². The lowest BCUT2D eigenvalue weighted by molar-refractivity contribution is -0.143. The molecular weight excluding hydrogens is 414 g/mol. The number of ether oxygens (including phenoxy) is 2. The maximum atomic E-state index is 12.9. The van der Waals surface area contributed by atoms with Gasteiger partial charge in [0.15, 0.2) is 4.80 Å². The highest BCUT2D eigenvalue weighted by molar-refractivity contribution is 7.16. The second kappa shape index (κ2) is 10.3. The van der Waals surface area contributed by atoms with Gasteiger partial charge >= 0.3 is 5.97 Å². The number of carbonyl (C=O) groups excluding carboxylic acids is 2. The molecule has 0 fully saturated rings. The predicted molar refractivity (Wildman–Crippen MR) is 123 cm³/mol. The molecule has 8 heteroatoms. The SMILES string of the molecule is CCOC(=O)Cn1c(=NC(=O)c2ccc(N(CC)CC)cc2)sc2cc(OC)ccc21. The van der Waals surface area contributed by atoms with E-state index < -0.39 is 0 Å². The van der Waals surface area contributed by atoms with E-state index >= 15 is 0 Å². The molecular formula is C23H27N3O4S. The fourth-order valence-corrected chi connectivity index (χ4v) is 4.37. The molecule has 31 heavy (non-hydrogen) atoms. The quantitative estimate of drug-likeness (QED) is 0.496. The number of amides is 1. The van der Waals surface area contributed by atoms with E-state index in [-0.39, 0.29) is 18.4 Å². The van der Waals surface area contributed by atoms with Crippen molar-refractivity contribution in [3.05, 3.63) is 52.8 Å². The van der Waals surface area contributed by atoms with Crippen molar-refractivity contribution in [1.82, 2.24) is 4.57 Å². The Hall–Kier alpha value is -3.13. The molecule has 7 nitrogen and oxygen atoms in total. The van der Waals surface area contributed by atoms with E-state index in [9.17, 15) is 9.59 Å². The van der Waals surface area contributed by atoms with Crippen molar-refractivity contribution in [3.8, 4) is 5.75 Å². The summed E-state index contributed by atoms with van der Waals surface area (Å²) in [6.07, 6.45) is 0. The van der Waals surface area contributed by atoms with E-state index in [2.05, 4.69) is 23.7 Å². The minimum absolute atomic E-state index is 0.0207. The number of hydrogen-bond acceptors (Lipinski definition) is 6. The van der Waals surface area contributed by atoms with Gasteiger partial charge in [0.2, 0.25) is 0 Å². The van der Waals surface area contributed by atoms with Crippen LogP contribution in [0.2, 0.25) is 0 Å². The summed E-state index contributed by atoms with van der Waals surface area (Å²) < 4.78 is 13.0. The van der Waals surface area contributed by atoms with Crippen molar-refractivity contribution in [2.75, 3.05) is 31.7 Å². The number of anilines is 1. The van der Waals surface area contributed by atoms with Crippen LogP contribution in [0.5, 0.6) is 5.75 Å². The van der Waals surface area contributed by atoms with E-state index in [1.165, 1.54) is 11.3 Å². The van der Waals surface area contributed by atoms with Gasteiger partial charge in [-0.05, 0) is 63.2 Å². The minimum Gasteiger partial charge on any atom is -0.497 e. The molecule has 0 radical (unpaired) electrons. The van der Waals surface area contributed by atoms with Crippen molar-refractivity contribution in [2.24, 2.45) is 4.99 Å². The molecule has 0 N–H and O–H groups in total. The van der Waals surface area contributed by atoms with Crippen molar-refractivity contribution in [2.45, 2.75) is 27.3 Å². The van der Waals surface area contributed by atoms with Gasteiger partial charge in [0.1, 0.15) is 12.3 Å². The first-order valence-corrected chi connectivity index (χ1v) is 11.1. The number of methoxy groups -OCH3 is 1. The summed E-state index contributed by atoms with van der Waals surface area (Å²) in [5.41, 5.74) is 2.35. The third-order valence-corrected chi connectivity index (χ3v) is 5.96. The van der Waals surface area contributed by atoms with Crippen LogP contribution in [-0.4, -0.2) is 43.2 Å². The number of aromatic nitrogens is 1. The van der Waals surface area contributed by atoms with E-state index in [1.807, 2.05) is 30.3 Å². The Labute approximate surface area is 185 Å². The van der Waals surface area contributed by atoms with Gasteiger partial charge in [-0.15, -0.1) is 0 Å². The molecule has 164 valence electrons. The molecule has 1 heterocycles. The summed E-state index contributed by atoms with van der Waals surface area (Å²) in [4.78, 5) is 32.0. The highest BCUT2D eigenvalue weighted by Gasteiger charge is 2.14. The Morgan fingerprint density at radius 3 is 2.39 bits per heavy atom. The molecule has 0 saturated heterocycles. The zero-order valence-corrected chi connectivity index (χ0v) is 19.1. The molecule has 0 saturated carbocycles. The number of carbonyl (C=O) groups is 2. The van der Waals surface area contributed by atoms with Crippen LogP contribution in [0.4, 0.5) is 5.69 Å². The molecule has 0 bridgehead atoms. The van der Waals surface area contributed by atoms with Gasteiger partial charge in [0.05, 0.1) is 23.9 Å². The molecule has 0 atom stereocenters. The molecule has 1 aromatic heterocycles. The lowest BCUT2D eigenvalue weighted by Gasteiger charge is -2.20. The Balaban J connectivity index is 2.01. The first-order chi connectivity index (χ1) is 15.0. The first-order valence-electron chi connectivity index (χ1n) is 10.3. The third-order valence-electron chi connectivity index (χ3n) is 4.92. The fraction of sp³-hybridized carbons (Fsp3) is 0.348. The average Bonchev–Trinajstić information content (AvgIpc) is 3.11. The minimum atomic E-state index is -0.379. The van der Waals surface area contributed by atoms with Gasteiger partial charge < -0.3 is 18.9 Å². The lowest BCUT2D eigenvalue weighted by atomic mass is 10.2. The Kier molecular flexibility index (Phi) is 7.46. The monoisotopic (exact) mass is 441 g/mol. The zero-order chi connectivity index (χ0) is 22.4. The van der Waals surface area contributed by atoms with Crippen molar-refractivity contribution < 1.29 is 19.1 Å². The highest BCUT2D eigenvalue weighted by Crippen LogP contribution is 2.23. The smallest absolute Gasteiger partial charge is 0.326 e. The van der Waals surface area contributed by atoms with Crippen LogP contribution in [-0.2, 0) is 16.1 Å². The van der Waals surface area contributed by atoms with Gasteiger partial charge in [-0.1, -0.05) is 11.3 Å². The molecule has 1 amide bonds.